The van der Waals surface area contributed by atoms with E-state index in [4.69, 9.17) is 0 Å². The first-order valence-electron chi connectivity index (χ1n) is 9.19. The maximum Gasteiger partial charge on any atom is 0.315 e. The van der Waals surface area contributed by atoms with Gasteiger partial charge in [-0.3, -0.25) is 9.88 Å². The minimum absolute atomic E-state index is 0.109. The van der Waals surface area contributed by atoms with Crippen LogP contribution in [0.5, 0.6) is 0 Å². The highest BCUT2D eigenvalue weighted by Crippen LogP contribution is 2.21. The van der Waals surface area contributed by atoms with Crippen molar-refractivity contribution >= 4 is 6.03 Å². The number of rotatable bonds is 7. The molecular formula is C19H32N4O2. The highest BCUT2D eigenvalue weighted by Gasteiger charge is 2.23. The van der Waals surface area contributed by atoms with Gasteiger partial charge < -0.3 is 15.7 Å². The Hall–Kier alpha value is -1.66. The lowest BCUT2D eigenvalue weighted by atomic mass is 9.87. The molecule has 25 heavy (non-hydrogen) atoms. The first-order valence-corrected chi connectivity index (χ1v) is 9.19. The Morgan fingerprint density at radius 1 is 1.40 bits per heavy atom. The number of hydrogen-bond acceptors (Lipinski definition) is 4. The first kappa shape index (κ1) is 19.7. The number of amides is 2. The third kappa shape index (κ3) is 7.40. The Morgan fingerprint density at radius 3 is 2.72 bits per heavy atom. The zero-order valence-electron chi connectivity index (χ0n) is 15.7. The van der Waals surface area contributed by atoms with Crippen LogP contribution in [-0.2, 0) is 6.54 Å². The summed E-state index contributed by atoms with van der Waals surface area (Å²) < 4.78 is 0. The number of carbonyl (C=O) groups is 1. The van der Waals surface area contributed by atoms with Crippen molar-refractivity contribution in [1.29, 1.82) is 0 Å². The van der Waals surface area contributed by atoms with E-state index in [1.54, 1.807) is 6.92 Å². The summed E-state index contributed by atoms with van der Waals surface area (Å²) in [5.74, 6) is 0. The van der Waals surface area contributed by atoms with Gasteiger partial charge in [-0.2, -0.15) is 0 Å². The van der Waals surface area contributed by atoms with Crippen LogP contribution in [0, 0.1) is 5.41 Å². The van der Waals surface area contributed by atoms with Gasteiger partial charge in [0.25, 0.3) is 0 Å². The second-order valence-corrected chi connectivity index (χ2v) is 7.92. The van der Waals surface area contributed by atoms with Gasteiger partial charge in [0.2, 0.25) is 0 Å². The summed E-state index contributed by atoms with van der Waals surface area (Å²) in [6, 6.07) is 6.11. The standard InChI is InChI=1S/C19H32N4O2/c1-15(24)12-19(2,3)14-21-18(25)22-16-7-10-23(11-8-16)13-17-6-4-5-9-20-17/h4-6,9,15-16,24H,7-8,10-14H2,1-3H3,(H2,21,22,25). The van der Waals surface area contributed by atoms with Gasteiger partial charge in [-0.1, -0.05) is 19.9 Å². The van der Waals surface area contributed by atoms with Crippen LogP contribution in [0.25, 0.3) is 0 Å². The molecule has 3 N–H and O–H groups in total. The second-order valence-electron chi connectivity index (χ2n) is 7.92. The molecule has 140 valence electrons. The van der Waals surface area contributed by atoms with Crippen molar-refractivity contribution in [3.8, 4) is 0 Å². The third-order valence-corrected chi connectivity index (χ3v) is 4.61. The maximum atomic E-state index is 12.1. The molecule has 1 saturated heterocycles. The van der Waals surface area contributed by atoms with E-state index in [1.165, 1.54) is 0 Å². The number of hydrogen-bond donors (Lipinski definition) is 3. The van der Waals surface area contributed by atoms with E-state index in [0.717, 1.165) is 38.2 Å². The molecule has 0 bridgehead atoms. The van der Waals surface area contributed by atoms with Crippen LogP contribution in [0.15, 0.2) is 24.4 Å². The molecule has 6 nitrogen and oxygen atoms in total. The zero-order valence-corrected chi connectivity index (χ0v) is 15.7. The van der Waals surface area contributed by atoms with Gasteiger partial charge in [-0.15, -0.1) is 0 Å². The predicted molar refractivity (Wildman–Crippen MR) is 99.1 cm³/mol. The van der Waals surface area contributed by atoms with E-state index >= 15 is 0 Å². The summed E-state index contributed by atoms with van der Waals surface area (Å²) in [5, 5.41) is 15.5. The molecule has 0 aromatic carbocycles. The molecule has 2 rings (SSSR count). The first-order chi connectivity index (χ1) is 11.8. The lowest BCUT2D eigenvalue weighted by molar-refractivity contribution is 0.128. The van der Waals surface area contributed by atoms with Gasteiger partial charge >= 0.3 is 6.03 Å². The number of piperidine rings is 1. The average Bonchev–Trinajstić information content (AvgIpc) is 2.55. The zero-order chi connectivity index (χ0) is 18.3. The van der Waals surface area contributed by atoms with Crippen LogP contribution in [0.1, 0.15) is 45.7 Å². The summed E-state index contributed by atoms with van der Waals surface area (Å²) in [7, 11) is 0. The number of pyridine rings is 1. The van der Waals surface area contributed by atoms with Gasteiger partial charge in [-0.25, -0.2) is 4.79 Å². The molecule has 2 amide bonds. The van der Waals surface area contributed by atoms with Gasteiger partial charge in [0.1, 0.15) is 0 Å². The number of likely N-dealkylation sites (tertiary alicyclic amines) is 1. The van der Waals surface area contributed by atoms with Crippen molar-refractivity contribution in [2.75, 3.05) is 19.6 Å². The molecule has 1 aromatic rings. The Bertz CT molecular complexity index is 525. The number of aliphatic hydroxyl groups is 1. The van der Waals surface area contributed by atoms with Crippen LogP contribution >= 0.6 is 0 Å². The molecule has 1 aliphatic heterocycles. The van der Waals surface area contributed by atoms with E-state index in [-0.39, 0.29) is 23.6 Å². The van der Waals surface area contributed by atoms with Gasteiger partial charge in [-0.05, 0) is 43.7 Å². The van der Waals surface area contributed by atoms with Gasteiger partial charge in [0, 0.05) is 38.4 Å². The Labute approximate surface area is 151 Å². The van der Waals surface area contributed by atoms with Crippen molar-refractivity contribution in [1.82, 2.24) is 20.5 Å². The SMILES string of the molecule is CC(O)CC(C)(C)CNC(=O)NC1CCN(Cc2ccccn2)CC1. The van der Waals surface area contributed by atoms with Crippen molar-refractivity contribution in [2.24, 2.45) is 5.41 Å². The molecule has 1 atom stereocenters. The van der Waals surface area contributed by atoms with E-state index in [1.807, 2.05) is 24.4 Å². The highest BCUT2D eigenvalue weighted by molar-refractivity contribution is 5.74. The smallest absolute Gasteiger partial charge is 0.315 e. The fourth-order valence-electron chi connectivity index (χ4n) is 3.38. The molecule has 1 fully saturated rings. The van der Waals surface area contributed by atoms with Gasteiger partial charge in [0.05, 0.1) is 11.8 Å². The van der Waals surface area contributed by atoms with E-state index in [2.05, 4.69) is 34.4 Å². The third-order valence-electron chi connectivity index (χ3n) is 4.61. The lowest BCUT2D eigenvalue weighted by Crippen LogP contribution is -2.49. The van der Waals surface area contributed by atoms with Crippen molar-refractivity contribution in [2.45, 2.75) is 58.7 Å². The molecule has 1 unspecified atom stereocenters. The molecule has 0 aliphatic carbocycles. The molecule has 1 aliphatic rings. The summed E-state index contributed by atoms with van der Waals surface area (Å²) in [6.07, 6.45) is 4.05. The molecule has 2 heterocycles. The quantitative estimate of drug-likeness (QED) is 0.705. The minimum atomic E-state index is -0.358. The van der Waals surface area contributed by atoms with E-state index in [0.29, 0.717) is 13.0 Å². The fraction of sp³-hybridized carbons (Fsp3) is 0.684. The average molecular weight is 348 g/mol. The largest absolute Gasteiger partial charge is 0.393 e. The highest BCUT2D eigenvalue weighted by atomic mass is 16.3. The van der Waals surface area contributed by atoms with E-state index in [9.17, 15) is 9.90 Å². The molecule has 6 heteroatoms. The Kier molecular flexibility index (Phi) is 7.20. The van der Waals surface area contributed by atoms with Crippen LogP contribution in [0.3, 0.4) is 0 Å². The molecule has 1 aromatic heterocycles. The number of nitrogens with one attached hydrogen (secondary N) is 2. The minimum Gasteiger partial charge on any atom is -0.393 e. The van der Waals surface area contributed by atoms with Crippen molar-refractivity contribution in [3.63, 3.8) is 0 Å². The fourth-order valence-corrected chi connectivity index (χ4v) is 3.38. The normalized spacial score (nSPS) is 17.9. The van der Waals surface area contributed by atoms with Crippen molar-refractivity contribution < 1.29 is 9.90 Å². The van der Waals surface area contributed by atoms with Crippen molar-refractivity contribution in [3.05, 3.63) is 30.1 Å². The molecule has 0 radical (unpaired) electrons. The predicted octanol–water partition coefficient (Wildman–Crippen LogP) is 2.14. The number of nitrogens with zero attached hydrogens (tertiary/aromatic N) is 2. The second kappa shape index (κ2) is 9.15. The number of carbonyl (C=O) groups excluding carboxylic acids is 1. The summed E-state index contributed by atoms with van der Waals surface area (Å²) in [4.78, 5) is 18.9. The molecule has 0 spiro atoms. The Morgan fingerprint density at radius 2 is 2.12 bits per heavy atom. The van der Waals surface area contributed by atoms with Gasteiger partial charge in [0.15, 0.2) is 0 Å². The monoisotopic (exact) mass is 348 g/mol. The van der Waals surface area contributed by atoms with Crippen LogP contribution < -0.4 is 10.6 Å². The Balaban J connectivity index is 1.66. The topological polar surface area (TPSA) is 77.5 Å². The van der Waals surface area contributed by atoms with E-state index < -0.39 is 0 Å². The summed E-state index contributed by atoms with van der Waals surface area (Å²) >= 11 is 0. The molecular weight excluding hydrogens is 316 g/mol. The maximum absolute atomic E-state index is 12.1. The lowest BCUT2D eigenvalue weighted by Gasteiger charge is -2.32. The molecule has 0 saturated carbocycles. The number of urea groups is 1. The van der Waals surface area contributed by atoms with Crippen LogP contribution in [-0.4, -0.2) is 52.8 Å². The summed E-state index contributed by atoms with van der Waals surface area (Å²) in [6.45, 7) is 9.24. The van der Waals surface area contributed by atoms with Crippen LogP contribution in [0.4, 0.5) is 4.79 Å². The number of aromatic nitrogens is 1. The number of aliphatic hydroxyl groups excluding tert-OH is 1. The van der Waals surface area contributed by atoms with Crippen LogP contribution in [0.2, 0.25) is 0 Å². The summed E-state index contributed by atoms with van der Waals surface area (Å²) in [5.41, 5.74) is 0.976.